The fourth-order valence-corrected chi connectivity index (χ4v) is 3.41. The van der Waals surface area contributed by atoms with E-state index in [2.05, 4.69) is 62.6 Å². The Morgan fingerprint density at radius 3 is 2.54 bits per heavy atom. The summed E-state index contributed by atoms with van der Waals surface area (Å²) in [6.07, 6.45) is 4.99. The topological polar surface area (TPSA) is 54.9 Å². The Balaban J connectivity index is 1.92. The molecule has 0 atom stereocenters. The van der Waals surface area contributed by atoms with E-state index < -0.39 is 0 Å². The third-order valence-electron chi connectivity index (χ3n) is 5.31. The third-order valence-corrected chi connectivity index (χ3v) is 5.31. The van der Waals surface area contributed by atoms with Crippen molar-refractivity contribution in [1.82, 2.24) is 10.6 Å². The van der Waals surface area contributed by atoms with Gasteiger partial charge in [-0.05, 0) is 63.5 Å². The van der Waals surface area contributed by atoms with Gasteiger partial charge in [-0.3, -0.25) is 0 Å². The van der Waals surface area contributed by atoms with E-state index in [4.69, 9.17) is 14.5 Å². The Morgan fingerprint density at radius 2 is 1.93 bits per heavy atom. The van der Waals surface area contributed by atoms with E-state index in [1.54, 1.807) is 7.11 Å². The number of rotatable bonds is 10. The minimum absolute atomic E-state index is 0.128. The summed E-state index contributed by atoms with van der Waals surface area (Å²) in [5, 5.41) is 6.93. The highest BCUT2D eigenvalue weighted by atomic mass is 16.5. The first kappa shape index (κ1) is 22.7. The number of hydrogen-bond acceptors (Lipinski definition) is 3. The number of benzene rings is 1. The number of guanidine groups is 1. The van der Waals surface area contributed by atoms with Crippen LogP contribution in [0.3, 0.4) is 0 Å². The van der Waals surface area contributed by atoms with Crippen LogP contribution in [0.5, 0.6) is 0 Å². The molecule has 5 heteroatoms. The second kappa shape index (κ2) is 10.8. The van der Waals surface area contributed by atoms with Gasteiger partial charge in [0.2, 0.25) is 0 Å². The Labute approximate surface area is 171 Å². The van der Waals surface area contributed by atoms with E-state index >= 15 is 0 Å². The average molecular weight is 390 g/mol. The summed E-state index contributed by atoms with van der Waals surface area (Å²) in [6, 6.07) is 8.50. The van der Waals surface area contributed by atoms with Gasteiger partial charge in [-0.25, -0.2) is 4.99 Å². The van der Waals surface area contributed by atoms with Gasteiger partial charge >= 0.3 is 0 Å². The summed E-state index contributed by atoms with van der Waals surface area (Å²) in [7, 11) is 1.78. The highest BCUT2D eigenvalue weighted by molar-refractivity contribution is 5.79. The molecule has 0 aliphatic heterocycles. The molecule has 0 bridgehead atoms. The van der Waals surface area contributed by atoms with Crippen molar-refractivity contribution >= 4 is 5.96 Å². The van der Waals surface area contributed by atoms with Gasteiger partial charge in [0, 0.05) is 26.8 Å². The first-order chi connectivity index (χ1) is 13.4. The van der Waals surface area contributed by atoms with Crippen LogP contribution in [0.25, 0.3) is 0 Å². The zero-order valence-corrected chi connectivity index (χ0v) is 18.4. The van der Waals surface area contributed by atoms with E-state index in [1.807, 2.05) is 0 Å². The molecule has 2 rings (SSSR count). The molecule has 1 aromatic carbocycles. The molecule has 1 aromatic rings. The zero-order valence-electron chi connectivity index (χ0n) is 18.4. The second-order valence-corrected chi connectivity index (χ2v) is 8.87. The monoisotopic (exact) mass is 389 g/mol. The van der Waals surface area contributed by atoms with Crippen molar-refractivity contribution in [3.63, 3.8) is 0 Å². The van der Waals surface area contributed by atoms with Crippen LogP contribution in [0.1, 0.15) is 64.5 Å². The molecule has 2 N–H and O–H groups in total. The lowest BCUT2D eigenvalue weighted by atomic mass is 9.67. The van der Waals surface area contributed by atoms with Gasteiger partial charge in [0.05, 0.1) is 18.8 Å². The van der Waals surface area contributed by atoms with Crippen LogP contribution in [0.4, 0.5) is 0 Å². The van der Waals surface area contributed by atoms with Crippen LogP contribution in [-0.4, -0.2) is 38.4 Å². The SMILES string of the molecule is CCNC(=NCc1cccc(COC(C)(C)C)c1)NCC1(CCOC)CCC1. The Hall–Kier alpha value is -1.59. The van der Waals surface area contributed by atoms with Crippen LogP contribution < -0.4 is 10.6 Å². The highest BCUT2D eigenvalue weighted by Gasteiger charge is 2.36. The van der Waals surface area contributed by atoms with Crippen molar-refractivity contribution in [2.24, 2.45) is 10.4 Å². The fraction of sp³-hybridized carbons (Fsp3) is 0.696. The maximum absolute atomic E-state index is 5.89. The van der Waals surface area contributed by atoms with Crippen molar-refractivity contribution in [1.29, 1.82) is 0 Å². The van der Waals surface area contributed by atoms with Gasteiger partial charge in [-0.1, -0.05) is 30.7 Å². The quantitative estimate of drug-likeness (QED) is 0.464. The van der Waals surface area contributed by atoms with Crippen LogP contribution in [0.2, 0.25) is 0 Å². The molecule has 0 heterocycles. The van der Waals surface area contributed by atoms with Crippen molar-refractivity contribution in [3.05, 3.63) is 35.4 Å². The number of hydrogen-bond donors (Lipinski definition) is 2. The van der Waals surface area contributed by atoms with Crippen molar-refractivity contribution < 1.29 is 9.47 Å². The zero-order chi connectivity index (χ0) is 20.5. The molecule has 0 amide bonds. The van der Waals surface area contributed by atoms with Gasteiger partial charge in [0.25, 0.3) is 0 Å². The molecule has 0 saturated heterocycles. The lowest BCUT2D eigenvalue weighted by molar-refractivity contribution is -0.0149. The molecular weight excluding hydrogens is 350 g/mol. The fourth-order valence-electron chi connectivity index (χ4n) is 3.41. The Kier molecular flexibility index (Phi) is 8.77. The molecule has 28 heavy (non-hydrogen) atoms. The van der Waals surface area contributed by atoms with Gasteiger partial charge in [-0.15, -0.1) is 0 Å². The summed E-state index contributed by atoms with van der Waals surface area (Å²) in [6.45, 7) is 12.3. The number of nitrogens with zero attached hydrogens (tertiary/aromatic N) is 1. The second-order valence-electron chi connectivity index (χ2n) is 8.87. The molecule has 1 aliphatic carbocycles. The molecule has 0 spiro atoms. The smallest absolute Gasteiger partial charge is 0.191 e. The molecule has 1 aliphatic rings. The van der Waals surface area contributed by atoms with E-state index in [9.17, 15) is 0 Å². The molecule has 158 valence electrons. The predicted molar refractivity (Wildman–Crippen MR) is 117 cm³/mol. The summed E-state index contributed by atoms with van der Waals surface area (Å²) < 4.78 is 11.2. The van der Waals surface area contributed by atoms with Crippen molar-refractivity contribution in [2.45, 2.75) is 72.1 Å². The van der Waals surface area contributed by atoms with E-state index in [1.165, 1.54) is 30.4 Å². The lowest BCUT2D eigenvalue weighted by Gasteiger charge is -2.42. The average Bonchev–Trinajstić information content (AvgIpc) is 2.63. The summed E-state index contributed by atoms with van der Waals surface area (Å²) in [5.74, 6) is 0.891. The van der Waals surface area contributed by atoms with E-state index in [0.29, 0.717) is 18.6 Å². The standard InChI is InChI=1S/C23H39N3O2/c1-6-24-21(26-18-23(11-8-12-23)13-14-27-5)25-16-19-9-7-10-20(15-19)17-28-22(2,3)4/h7,9-10,15H,6,8,11-14,16-18H2,1-5H3,(H2,24,25,26). The largest absolute Gasteiger partial charge is 0.385 e. The van der Waals surface area contributed by atoms with E-state index in [0.717, 1.165) is 32.1 Å². The van der Waals surface area contributed by atoms with Crippen LogP contribution in [0, 0.1) is 5.41 Å². The maximum Gasteiger partial charge on any atom is 0.191 e. The van der Waals surface area contributed by atoms with Crippen LogP contribution in [0.15, 0.2) is 29.3 Å². The van der Waals surface area contributed by atoms with E-state index in [-0.39, 0.29) is 5.60 Å². The molecule has 0 aromatic heterocycles. The number of aliphatic imine (C=N–C) groups is 1. The minimum Gasteiger partial charge on any atom is -0.385 e. The number of nitrogens with one attached hydrogen (secondary N) is 2. The number of ether oxygens (including phenoxy) is 2. The molecule has 1 saturated carbocycles. The van der Waals surface area contributed by atoms with Gasteiger partial charge in [0.1, 0.15) is 0 Å². The van der Waals surface area contributed by atoms with Gasteiger partial charge in [0.15, 0.2) is 5.96 Å². The van der Waals surface area contributed by atoms with Crippen LogP contribution in [-0.2, 0) is 22.6 Å². The minimum atomic E-state index is -0.128. The first-order valence-corrected chi connectivity index (χ1v) is 10.6. The predicted octanol–water partition coefficient (Wildman–Crippen LogP) is 4.26. The molecular formula is C23H39N3O2. The molecule has 5 nitrogen and oxygen atoms in total. The lowest BCUT2D eigenvalue weighted by Crippen LogP contribution is -2.46. The molecule has 1 fully saturated rings. The third kappa shape index (κ3) is 7.80. The first-order valence-electron chi connectivity index (χ1n) is 10.6. The van der Waals surface area contributed by atoms with Crippen molar-refractivity contribution in [3.8, 4) is 0 Å². The highest BCUT2D eigenvalue weighted by Crippen LogP contribution is 2.43. The normalized spacial score (nSPS) is 16.5. The van der Waals surface area contributed by atoms with Crippen molar-refractivity contribution in [2.75, 3.05) is 26.8 Å². The van der Waals surface area contributed by atoms with Crippen LogP contribution >= 0.6 is 0 Å². The summed E-state index contributed by atoms with van der Waals surface area (Å²) in [5.41, 5.74) is 2.63. The number of methoxy groups -OCH3 is 1. The summed E-state index contributed by atoms with van der Waals surface area (Å²) in [4.78, 5) is 4.80. The maximum atomic E-state index is 5.89. The molecule has 0 radical (unpaired) electrons. The van der Waals surface area contributed by atoms with Gasteiger partial charge in [-0.2, -0.15) is 0 Å². The summed E-state index contributed by atoms with van der Waals surface area (Å²) >= 11 is 0. The Morgan fingerprint density at radius 1 is 1.18 bits per heavy atom. The molecule has 0 unspecified atom stereocenters. The Bertz CT molecular complexity index is 619. The van der Waals surface area contributed by atoms with Gasteiger partial charge < -0.3 is 20.1 Å².